The lowest BCUT2D eigenvalue weighted by molar-refractivity contribution is -0.136. The topological polar surface area (TPSA) is 102 Å². The van der Waals surface area contributed by atoms with E-state index in [1.165, 1.54) is 4.90 Å². The van der Waals surface area contributed by atoms with Gasteiger partial charge in [0.25, 0.3) is 5.91 Å². The molecular weight excluding hydrogens is 322 g/mol. The summed E-state index contributed by atoms with van der Waals surface area (Å²) in [6.45, 7) is 1.67. The Bertz CT molecular complexity index is 689. The number of ether oxygens (including phenoxy) is 1. The quantitative estimate of drug-likeness (QED) is 0.566. The lowest BCUT2D eigenvalue weighted by atomic mass is 10.0. The average molecular weight is 345 g/mol. The van der Waals surface area contributed by atoms with Gasteiger partial charge in [0.1, 0.15) is 11.8 Å². The van der Waals surface area contributed by atoms with Crippen LogP contribution in [0.15, 0.2) is 18.2 Å². The van der Waals surface area contributed by atoms with Gasteiger partial charge in [0, 0.05) is 18.5 Å². The smallest absolute Gasteiger partial charge is 0.255 e. The highest BCUT2D eigenvalue weighted by Gasteiger charge is 2.39. The van der Waals surface area contributed by atoms with Crippen LogP contribution in [0.2, 0.25) is 0 Å². The summed E-state index contributed by atoms with van der Waals surface area (Å²) in [5, 5.41) is 2.30. The number of amides is 3. The number of imide groups is 1. The highest BCUT2D eigenvalue weighted by atomic mass is 16.5. The Morgan fingerprint density at radius 1 is 1.20 bits per heavy atom. The van der Waals surface area contributed by atoms with Gasteiger partial charge in [-0.25, -0.2) is 0 Å². The molecule has 1 aromatic carbocycles. The molecule has 3 rings (SSSR count). The molecule has 2 aliphatic rings. The summed E-state index contributed by atoms with van der Waals surface area (Å²) in [6, 6.07) is 4.81. The van der Waals surface area contributed by atoms with Crippen LogP contribution in [-0.4, -0.2) is 41.8 Å². The van der Waals surface area contributed by atoms with Crippen molar-refractivity contribution in [2.24, 2.45) is 5.73 Å². The van der Waals surface area contributed by atoms with Gasteiger partial charge in [0.2, 0.25) is 11.8 Å². The van der Waals surface area contributed by atoms with Crippen LogP contribution in [0.25, 0.3) is 0 Å². The second-order valence-electron chi connectivity index (χ2n) is 6.42. The Balaban J connectivity index is 1.63. The molecule has 3 amide bonds. The first-order chi connectivity index (χ1) is 12.1. The van der Waals surface area contributed by atoms with Crippen LogP contribution in [0, 0.1) is 0 Å². The molecule has 0 bridgehead atoms. The number of nitrogens with two attached hydrogens (primary N) is 1. The van der Waals surface area contributed by atoms with E-state index >= 15 is 0 Å². The molecule has 0 unspecified atom stereocenters. The fourth-order valence-corrected chi connectivity index (χ4v) is 3.25. The molecule has 1 atom stereocenters. The van der Waals surface area contributed by atoms with Crippen molar-refractivity contribution in [3.63, 3.8) is 0 Å². The van der Waals surface area contributed by atoms with Crippen molar-refractivity contribution < 1.29 is 19.1 Å². The molecule has 7 nitrogen and oxygen atoms in total. The number of benzene rings is 1. The van der Waals surface area contributed by atoms with E-state index in [1.54, 1.807) is 12.1 Å². The number of unbranched alkanes of at least 4 members (excludes halogenated alkanes) is 2. The average Bonchev–Trinajstić information content (AvgIpc) is 2.91. The Labute approximate surface area is 146 Å². The van der Waals surface area contributed by atoms with Crippen LogP contribution in [0.4, 0.5) is 0 Å². The zero-order valence-corrected chi connectivity index (χ0v) is 14.1. The summed E-state index contributed by atoms with van der Waals surface area (Å²) in [5.74, 6) is -0.118. The fourth-order valence-electron chi connectivity index (χ4n) is 3.25. The first-order valence-electron chi connectivity index (χ1n) is 8.70. The Hall–Kier alpha value is -2.41. The monoisotopic (exact) mass is 345 g/mol. The SMILES string of the molecule is NCCCCCOc1ccc2c(c1)CN([C@H]1CCC(=O)NC1=O)C2=O. The molecule has 25 heavy (non-hydrogen) atoms. The maximum Gasteiger partial charge on any atom is 0.255 e. The molecule has 0 aliphatic carbocycles. The van der Waals surface area contributed by atoms with Gasteiger partial charge in [-0.05, 0) is 56.0 Å². The highest BCUT2D eigenvalue weighted by molar-refractivity contribution is 6.05. The Morgan fingerprint density at radius 3 is 2.80 bits per heavy atom. The van der Waals surface area contributed by atoms with Gasteiger partial charge in [-0.2, -0.15) is 0 Å². The third-order valence-electron chi connectivity index (χ3n) is 4.61. The number of nitrogens with zero attached hydrogens (tertiary/aromatic N) is 1. The highest BCUT2D eigenvalue weighted by Crippen LogP contribution is 2.30. The molecule has 3 N–H and O–H groups in total. The normalized spacial score (nSPS) is 19.8. The van der Waals surface area contributed by atoms with Crippen LogP contribution in [0.5, 0.6) is 5.75 Å². The third-order valence-corrected chi connectivity index (χ3v) is 4.61. The van der Waals surface area contributed by atoms with Crippen molar-refractivity contribution in [1.82, 2.24) is 10.2 Å². The zero-order valence-electron chi connectivity index (χ0n) is 14.1. The summed E-state index contributed by atoms with van der Waals surface area (Å²) in [5.41, 5.74) is 6.92. The number of carbonyl (C=O) groups is 3. The molecule has 0 saturated carbocycles. The van der Waals surface area contributed by atoms with E-state index in [1.807, 2.05) is 6.07 Å². The van der Waals surface area contributed by atoms with Gasteiger partial charge < -0.3 is 15.4 Å². The molecule has 134 valence electrons. The predicted octanol–water partition coefficient (Wildman–Crippen LogP) is 0.955. The maximum atomic E-state index is 12.6. The first-order valence-corrected chi connectivity index (χ1v) is 8.70. The minimum Gasteiger partial charge on any atom is -0.494 e. The summed E-state index contributed by atoms with van der Waals surface area (Å²) in [4.78, 5) is 37.4. The molecule has 0 radical (unpaired) electrons. The van der Waals surface area contributed by atoms with Gasteiger partial charge in [-0.1, -0.05) is 0 Å². The Morgan fingerprint density at radius 2 is 2.04 bits per heavy atom. The summed E-state index contributed by atoms with van der Waals surface area (Å²) < 4.78 is 5.73. The molecule has 1 saturated heterocycles. The number of hydrogen-bond acceptors (Lipinski definition) is 5. The number of fused-ring (bicyclic) bond motifs is 1. The van der Waals surface area contributed by atoms with E-state index in [9.17, 15) is 14.4 Å². The van der Waals surface area contributed by atoms with Crippen molar-refractivity contribution in [3.05, 3.63) is 29.3 Å². The number of piperidine rings is 1. The largest absolute Gasteiger partial charge is 0.494 e. The van der Waals surface area contributed by atoms with Crippen LogP contribution in [-0.2, 0) is 16.1 Å². The van der Waals surface area contributed by atoms with E-state index < -0.39 is 11.9 Å². The van der Waals surface area contributed by atoms with E-state index in [0.717, 1.165) is 30.6 Å². The van der Waals surface area contributed by atoms with E-state index in [0.29, 0.717) is 31.7 Å². The summed E-state index contributed by atoms with van der Waals surface area (Å²) in [7, 11) is 0. The molecule has 1 fully saturated rings. The lowest BCUT2D eigenvalue weighted by Crippen LogP contribution is -2.52. The third kappa shape index (κ3) is 3.82. The van der Waals surface area contributed by atoms with E-state index in [-0.39, 0.29) is 18.2 Å². The van der Waals surface area contributed by atoms with Crippen molar-refractivity contribution in [3.8, 4) is 5.75 Å². The van der Waals surface area contributed by atoms with E-state index in [4.69, 9.17) is 10.5 Å². The van der Waals surface area contributed by atoms with Crippen molar-refractivity contribution in [1.29, 1.82) is 0 Å². The maximum absolute atomic E-state index is 12.6. The van der Waals surface area contributed by atoms with Crippen LogP contribution in [0.3, 0.4) is 0 Å². The second kappa shape index (κ2) is 7.65. The standard InChI is InChI=1S/C18H23N3O4/c19-8-2-1-3-9-25-13-4-5-14-12(10-13)11-21(18(14)24)15-6-7-16(22)20-17(15)23/h4-5,10,15H,1-3,6-9,11,19H2,(H,20,22,23)/t15-/m0/s1. The number of hydrogen-bond donors (Lipinski definition) is 2. The van der Waals surface area contributed by atoms with Crippen LogP contribution < -0.4 is 15.8 Å². The lowest BCUT2D eigenvalue weighted by Gasteiger charge is -2.29. The van der Waals surface area contributed by atoms with Crippen molar-refractivity contribution in [2.75, 3.05) is 13.2 Å². The van der Waals surface area contributed by atoms with Gasteiger partial charge in [0.05, 0.1) is 6.61 Å². The summed E-state index contributed by atoms with van der Waals surface area (Å²) >= 11 is 0. The first kappa shape index (κ1) is 17.4. The minimum absolute atomic E-state index is 0.168. The van der Waals surface area contributed by atoms with Crippen molar-refractivity contribution >= 4 is 17.7 Å². The van der Waals surface area contributed by atoms with Gasteiger partial charge in [-0.15, -0.1) is 0 Å². The van der Waals surface area contributed by atoms with Gasteiger partial charge >= 0.3 is 0 Å². The zero-order chi connectivity index (χ0) is 17.8. The molecule has 0 aromatic heterocycles. The number of carbonyl (C=O) groups excluding carboxylic acids is 3. The molecule has 2 aliphatic heterocycles. The minimum atomic E-state index is -0.585. The fraction of sp³-hybridized carbons (Fsp3) is 0.500. The predicted molar refractivity (Wildman–Crippen MR) is 90.9 cm³/mol. The molecular formula is C18H23N3O4. The number of nitrogens with one attached hydrogen (secondary N) is 1. The molecule has 2 heterocycles. The van der Waals surface area contributed by atoms with Crippen LogP contribution in [0.1, 0.15) is 48.0 Å². The van der Waals surface area contributed by atoms with Gasteiger partial charge in [0.15, 0.2) is 0 Å². The molecule has 0 spiro atoms. The van der Waals surface area contributed by atoms with Gasteiger partial charge in [-0.3, -0.25) is 19.7 Å². The second-order valence-corrected chi connectivity index (χ2v) is 6.42. The van der Waals surface area contributed by atoms with Crippen molar-refractivity contribution in [2.45, 2.75) is 44.7 Å². The molecule has 7 heteroatoms. The van der Waals surface area contributed by atoms with Crippen LogP contribution >= 0.6 is 0 Å². The van der Waals surface area contributed by atoms with E-state index in [2.05, 4.69) is 5.32 Å². The summed E-state index contributed by atoms with van der Waals surface area (Å²) in [6.07, 6.45) is 3.59. The molecule has 1 aromatic rings. The Kier molecular flexibility index (Phi) is 5.33. The number of rotatable bonds is 7.